The molecule has 2 aliphatic heterocycles. The van der Waals surface area contributed by atoms with Gasteiger partial charge in [-0.25, -0.2) is 10.8 Å². The molecule has 2 unspecified atom stereocenters. The van der Waals surface area contributed by atoms with E-state index in [1.807, 2.05) is 0 Å². The molecule has 2 fully saturated rings. The topological polar surface area (TPSA) is 47.4 Å². The third-order valence-electron chi connectivity index (χ3n) is 2.41. The molecule has 2 heterocycles. The summed E-state index contributed by atoms with van der Waals surface area (Å²) in [5.74, 6) is 0. The molecular weight excluding hydrogens is 154 g/mol. The van der Waals surface area contributed by atoms with Gasteiger partial charge in [0.1, 0.15) is 0 Å². The maximum Gasteiger partial charge on any atom is 0.0819 e. The van der Waals surface area contributed by atoms with Gasteiger partial charge in [-0.15, -0.1) is 0 Å². The summed E-state index contributed by atoms with van der Waals surface area (Å²) in [6.45, 7) is 4.02. The third-order valence-corrected chi connectivity index (χ3v) is 2.41. The van der Waals surface area contributed by atoms with Crippen LogP contribution in [0.2, 0.25) is 0 Å². The number of rotatable bonds is 2. The van der Waals surface area contributed by atoms with Crippen molar-refractivity contribution in [1.82, 2.24) is 16.1 Å². The Hall–Kier alpha value is -0.160. The molecule has 0 spiro atoms. The number of hydroxylamine groups is 1. The first kappa shape index (κ1) is 8.44. The second-order valence-corrected chi connectivity index (χ2v) is 3.42. The average Bonchev–Trinajstić information content (AvgIpc) is 2.59. The van der Waals surface area contributed by atoms with Gasteiger partial charge in [-0.05, 0) is 12.8 Å². The quantitative estimate of drug-likeness (QED) is 0.573. The fourth-order valence-electron chi connectivity index (χ4n) is 1.74. The minimum Gasteiger partial charge on any atom is -0.314 e. The Morgan fingerprint density at radius 2 is 2.42 bits per heavy atom. The molecule has 0 aliphatic carbocycles. The van der Waals surface area contributed by atoms with Crippen LogP contribution in [0.1, 0.15) is 12.8 Å². The van der Waals surface area contributed by atoms with E-state index in [0.717, 1.165) is 39.0 Å². The number of hydrogen-bond donors (Lipinski definition) is 2. The van der Waals surface area contributed by atoms with Gasteiger partial charge >= 0.3 is 0 Å². The molecule has 0 aromatic heterocycles. The van der Waals surface area contributed by atoms with E-state index >= 15 is 0 Å². The Balaban J connectivity index is 1.69. The Labute approximate surface area is 73.0 Å². The van der Waals surface area contributed by atoms with Crippen molar-refractivity contribution in [3.05, 3.63) is 0 Å². The van der Waals surface area contributed by atoms with Crippen LogP contribution in [0.25, 0.3) is 0 Å². The van der Waals surface area contributed by atoms with Gasteiger partial charge in [-0.3, -0.25) is 4.84 Å². The lowest BCUT2D eigenvalue weighted by atomic mass is 10.1. The minimum atomic E-state index is 0.388. The van der Waals surface area contributed by atoms with E-state index in [2.05, 4.69) is 16.1 Å². The predicted octanol–water partition coefficient (Wildman–Crippen LogP) is -0.754. The van der Waals surface area contributed by atoms with E-state index in [4.69, 9.17) is 4.84 Å². The SMILES string of the molecule is C1CNCC(CC2CCNO2)[N]1. The summed E-state index contributed by atoms with van der Waals surface area (Å²) in [5.41, 5.74) is 2.90. The molecule has 0 saturated carbocycles. The summed E-state index contributed by atoms with van der Waals surface area (Å²) in [7, 11) is 0. The van der Waals surface area contributed by atoms with Crippen LogP contribution in [-0.2, 0) is 4.84 Å². The van der Waals surface area contributed by atoms with Gasteiger partial charge in [0.25, 0.3) is 0 Å². The summed E-state index contributed by atoms with van der Waals surface area (Å²) >= 11 is 0. The van der Waals surface area contributed by atoms with Crippen molar-refractivity contribution >= 4 is 0 Å². The lowest BCUT2D eigenvalue weighted by molar-refractivity contribution is 0.0230. The van der Waals surface area contributed by atoms with E-state index in [9.17, 15) is 0 Å². The molecule has 1 radical (unpaired) electrons. The van der Waals surface area contributed by atoms with Crippen LogP contribution in [-0.4, -0.2) is 38.3 Å². The van der Waals surface area contributed by atoms with Crippen molar-refractivity contribution in [2.24, 2.45) is 0 Å². The molecule has 2 aliphatic rings. The molecule has 2 rings (SSSR count). The third kappa shape index (κ3) is 2.17. The maximum atomic E-state index is 5.32. The van der Waals surface area contributed by atoms with Gasteiger partial charge in [0.2, 0.25) is 0 Å². The highest BCUT2D eigenvalue weighted by atomic mass is 16.7. The highest BCUT2D eigenvalue weighted by Crippen LogP contribution is 2.11. The van der Waals surface area contributed by atoms with E-state index in [-0.39, 0.29) is 0 Å². The number of piperazine rings is 1. The summed E-state index contributed by atoms with van der Waals surface area (Å²) in [4.78, 5) is 5.32. The Morgan fingerprint density at radius 3 is 3.08 bits per heavy atom. The maximum absolute atomic E-state index is 5.32. The first-order chi connectivity index (χ1) is 5.95. The summed E-state index contributed by atoms with van der Waals surface area (Å²) < 4.78 is 0. The second-order valence-electron chi connectivity index (χ2n) is 3.42. The van der Waals surface area contributed by atoms with E-state index in [1.165, 1.54) is 0 Å². The van der Waals surface area contributed by atoms with Crippen molar-refractivity contribution in [3.8, 4) is 0 Å². The summed E-state index contributed by atoms with van der Waals surface area (Å²) in [5, 5.41) is 7.86. The fraction of sp³-hybridized carbons (Fsp3) is 1.00. The van der Waals surface area contributed by atoms with Gasteiger partial charge in [-0.2, -0.15) is 0 Å². The first-order valence-electron chi connectivity index (χ1n) is 4.71. The molecule has 0 amide bonds. The highest BCUT2D eigenvalue weighted by molar-refractivity contribution is 4.79. The van der Waals surface area contributed by atoms with Crippen molar-refractivity contribution in [2.45, 2.75) is 25.0 Å². The fourth-order valence-corrected chi connectivity index (χ4v) is 1.74. The number of nitrogens with one attached hydrogen (secondary N) is 2. The lowest BCUT2D eigenvalue weighted by Crippen LogP contribution is -2.45. The van der Waals surface area contributed by atoms with Crippen LogP contribution in [0.5, 0.6) is 0 Å². The molecule has 2 N–H and O–H groups in total. The molecule has 4 nitrogen and oxygen atoms in total. The van der Waals surface area contributed by atoms with Gasteiger partial charge in [0, 0.05) is 32.2 Å². The zero-order valence-electron chi connectivity index (χ0n) is 7.25. The van der Waals surface area contributed by atoms with E-state index in [1.54, 1.807) is 0 Å². The van der Waals surface area contributed by atoms with Gasteiger partial charge in [0.05, 0.1) is 6.10 Å². The normalized spacial score (nSPS) is 37.0. The van der Waals surface area contributed by atoms with Gasteiger partial charge in [-0.1, -0.05) is 0 Å². The van der Waals surface area contributed by atoms with Crippen molar-refractivity contribution in [1.29, 1.82) is 0 Å². The molecule has 0 bridgehead atoms. The van der Waals surface area contributed by atoms with Gasteiger partial charge in [0.15, 0.2) is 0 Å². The van der Waals surface area contributed by atoms with Crippen LogP contribution < -0.4 is 16.1 Å². The molecule has 69 valence electrons. The van der Waals surface area contributed by atoms with Crippen molar-refractivity contribution < 1.29 is 4.84 Å². The molecule has 0 aromatic rings. The van der Waals surface area contributed by atoms with E-state index in [0.29, 0.717) is 12.1 Å². The molecule has 0 aromatic carbocycles. The smallest absolute Gasteiger partial charge is 0.0819 e. The minimum absolute atomic E-state index is 0.388. The standard InChI is InChI=1S/C8H16N3O/c1-2-11-12-8(1)5-7-6-9-3-4-10-7/h7-9,11H,1-6H2. The summed E-state index contributed by atoms with van der Waals surface area (Å²) in [6.07, 6.45) is 2.59. The van der Waals surface area contributed by atoms with Crippen LogP contribution in [0.3, 0.4) is 0 Å². The highest BCUT2D eigenvalue weighted by Gasteiger charge is 2.22. The molecular formula is C8H16N3O. The Kier molecular flexibility index (Phi) is 2.94. The molecule has 2 atom stereocenters. The van der Waals surface area contributed by atoms with Crippen molar-refractivity contribution in [2.75, 3.05) is 26.2 Å². The number of hydrogen-bond acceptors (Lipinski definition) is 3. The lowest BCUT2D eigenvalue weighted by Gasteiger charge is -2.24. The van der Waals surface area contributed by atoms with Gasteiger partial charge < -0.3 is 5.32 Å². The first-order valence-corrected chi connectivity index (χ1v) is 4.71. The zero-order chi connectivity index (χ0) is 8.23. The van der Waals surface area contributed by atoms with Crippen LogP contribution >= 0.6 is 0 Å². The average molecular weight is 170 g/mol. The van der Waals surface area contributed by atoms with Crippen LogP contribution in [0, 0.1) is 0 Å². The summed E-state index contributed by atoms with van der Waals surface area (Å²) in [6, 6.07) is 0.476. The zero-order valence-corrected chi connectivity index (χ0v) is 7.25. The molecule has 12 heavy (non-hydrogen) atoms. The van der Waals surface area contributed by atoms with Crippen LogP contribution in [0.4, 0.5) is 0 Å². The second kappa shape index (κ2) is 4.18. The largest absolute Gasteiger partial charge is 0.314 e. The Bertz CT molecular complexity index is 130. The Morgan fingerprint density at radius 1 is 1.42 bits per heavy atom. The molecule has 2 saturated heterocycles. The number of nitrogens with zero attached hydrogens (tertiary/aromatic N) is 1. The van der Waals surface area contributed by atoms with Crippen molar-refractivity contribution in [3.63, 3.8) is 0 Å². The predicted molar refractivity (Wildman–Crippen MR) is 45.8 cm³/mol. The molecule has 4 heteroatoms. The monoisotopic (exact) mass is 170 g/mol. The van der Waals surface area contributed by atoms with Crippen LogP contribution in [0.15, 0.2) is 0 Å². The van der Waals surface area contributed by atoms with E-state index < -0.39 is 0 Å².